The maximum absolute atomic E-state index is 6.50. The zero-order valence-corrected chi connectivity index (χ0v) is 5.36. The molecule has 0 saturated heterocycles. The van der Waals surface area contributed by atoms with Gasteiger partial charge in [0.1, 0.15) is 0 Å². The molecule has 0 radical (unpaired) electrons. The maximum Gasteiger partial charge on any atom is 0.0668 e. The fraction of sp³-hybridized carbons (Fsp3) is 0. The second-order valence-electron chi connectivity index (χ2n) is 1.39. The first-order valence-electron chi connectivity index (χ1n) is 2.56. The van der Waals surface area contributed by atoms with E-state index in [1.807, 2.05) is 12.1 Å². The number of anilines is 1. The van der Waals surface area contributed by atoms with Crippen LogP contribution in [0.5, 0.6) is 0 Å². The van der Waals surface area contributed by atoms with E-state index >= 15 is 0 Å². The lowest BCUT2D eigenvalue weighted by Crippen LogP contribution is -2.06. The summed E-state index contributed by atoms with van der Waals surface area (Å²) < 4.78 is 0. The lowest BCUT2D eigenvalue weighted by Gasteiger charge is -1.93. The molecule has 1 heterocycles. The number of nitrogen functional groups attached to an aromatic ring is 1. The molecule has 3 N–H and O–H groups in total. The molecule has 0 aliphatic carbocycles. The van der Waals surface area contributed by atoms with E-state index in [1.54, 1.807) is 12.4 Å². The topological polar surface area (TPSA) is 74.7 Å². The van der Waals surface area contributed by atoms with E-state index in [9.17, 15) is 0 Å². The third-order valence-electron chi connectivity index (χ3n) is 0.828. The van der Waals surface area contributed by atoms with E-state index in [0.29, 0.717) is 0 Å². The van der Waals surface area contributed by atoms with Gasteiger partial charge in [-0.3, -0.25) is 10.8 Å². The van der Waals surface area contributed by atoms with Crippen molar-refractivity contribution in [3.05, 3.63) is 24.5 Å². The van der Waals surface area contributed by atoms with Crippen molar-refractivity contribution in [1.82, 2.24) is 4.98 Å². The van der Waals surface area contributed by atoms with Gasteiger partial charge in [-0.2, -0.15) is 0 Å². The van der Waals surface area contributed by atoms with Crippen LogP contribution in [0.4, 0.5) is 5.69 Å². The molecule has 0 aliphatic rings. The van der Waals surface area contributed by atoms with Gasteiger partial charge in [0.05, 0.1) is 11.9 Å². The first-order chi connectivity index (χ1) is 4.93. The Bertz CT molecular complexity index is 181. The first-order valence-corrected chi connectivity index (χ1v) is 2.56. The van der Waals surface area contributed by atoms with Gasteiger partial charge in [0.2, 0.25) is 0 Å². The van der Waals surface area contributed by atoms with E-state index < -0.39 is 0 Å². The SMILES string of the molecule is C#N.NNc1cccnc1. The second-order valence-corrected chi connectivity index (χ2v) is 1.39. The third-order valence-corrected chi connectivity index (χ3v) is 0.828. The van der Waals surface area contributed by atoms with Crippen molar-refractivity contribution >= 4 is 5.69 Å². The molecule has 0 bridgehead atoms. The number of nitrogens with two attached hydrogens (primary N) is 1. The van der Waals surface area contributed by atoms with E-state index in [2.05, 4.69) is 17.0 Å². The summed E-state index contributed by atoms with van der Waals surface area (Å²) in [5.41, 5.74) is 3.29. The van der Waals surface area contributed by atoms with Crippen molar-refractivity contribution in [3.63, 3.8) is 0 Å². The fourth-order valence-corrected chi connectivity index (χ4v) is 0.448. The molecule has 1 rings (SSSR count). The third kappa shape index (κ3) is 2.64. The summed E-state index contributed by atoms with van der Waals surface area (Å²) in [4.78, 5) is 3.81. The van der Waals surface area contributed by atoms with Crippen LogP contribution in [0.15, 0.2) is 24.5 Å². The van der Waals surface area contributed by atoms with Crippen LogP contribution in [0.2, 0.25) is 0 Å². The largest absolute Gasteiger partial charge is 0.323 e. The number of nitrogens with one attached hydrogen (secondary N) is 1. The van der Waals surface area contributed by atoms with Gasteiger partial charge in [-0.25, -0.2) is 5.26 Å². The summed E-state index contributed by atoms with van der Waals surface area (Å²) in [6.45, 7) is 3.50. The average Bonchev–Trinajstić information content (AvgIpc) is 2.10. The quantitative estimate of drug-likeness (QED) is 0.435. The van der Waals surface area contributed by atoms with Crippen molar-refractivity contribution < 1.29 is 0 Å². The van der Waals surface area contributed by atoms with Gasteiger partial charge in [0, 0.05) is 12.8 Å². The summed E-state index contributed by atoms with van der Waals surface area (Å²) >= 11 is 0. The summed E-state index contributed by atoms with van der Waals surface area (Å²) in [6.07, 6.45) is 3.35. The zero-order valence-electron chi connectivity index (χ0n) is 5.36. The highest BCUT2D eigenvalue weighted by Crippen LogP contribution is 1.97. The van der Waals surface area contributed by atoms with Crippen LogP contribution < -0.4 is 11.3 Å². The number of hydrogen-bond donors (Lipinski definition) is 2. The number of nitrogens with zero attached hydrogens (tertiary/aromatic N) is 2. The van der Waals surface area contributed by atoms with Gasteiger partial charge >= 0.3 is 0 Å². The van der Waals surface area contributed by atoms with E-state index in [0.717, 1.165) is 5.69 Å². The number of rotatable bonds is 1. The highest BCUT2D eigenvalue weighted by Gasteiger charge is 1.79. The lowest BCUT2D eigenvalue weighted by atomic mass is 10.4. The first kappa shape index (κ1) is 8.40. The molecule has 0 aliphatic heterocycles. The summed E-state index contributed by atoms with van der Waals surface area (Å²) in [7, 11) is 0. The van der Waals surface area contributed by atoms with Crippen LogP contribution >= 0.6 is 0 Å². The van der Waals surface area contributed by atoms with Crippen LogP contribution in [-0.2, 0) is 0 Å². The van der Waals surface area contributed by atoms with Crippen LogP contribution in [0.1, 0.15) is 0 Å². The molecule has 10 heavy (non-hydrogen) atoms. The van der Waals surface area contributed by atoms with Crippen molar-refractivity contribution in [2.24, 2.45) is 5.84 Å². The van der Waals surface area contributed by atoms with Crippen LogP contribution in [0, 0.1) is 11.8 Å². The molecule has 52 valence electrons. The minimum absolute atomic E-state index is 0.826. The molecule has 0 aromatic carbocycles. The number of pyridine rings is 1. The smallest absolute Gasteiger partial charge is 0.0668 e. The molecule has 0 fully saturated rings. The van der Waals surface area contributed by atoms with Gasteiger partial charge in [0.25, 0.3) is 0 Å². The molecule has 0 unspecified atom stereocenters. The minimum Gasteiger partial charge on any atom is -0.323 e. The van der Waals surface area contributed by atoms with Crippen molar-refractivity contribution in [2.75, 3.05) is 5.43 Å². The molecule has 0 spiro atoms. The molecule has 0 amide bonds. The number of aromatic nitrogens is 1. The van der Waals surface area contributed by atoms with E-state index in [-0.39, 0.29) is 0 Å². The van der Waals surface area contributed by atoms with E-state index in [1.165, 1.54) is 0 Å². The Hall–Kier alpha value is -1.60. The predicted octanol–water partition coefficient (Wildman–Crippen LogP) is 0.507. The minimum atomic E-state index is 0.826. The molecule has 0 atom stereocenters. The lowest BCUT2D eigenvalue weighted by molar-refractivity contribution is 1.27. The Morgan fingerprint density at radius 1 is 1.60 bits per heavy atom. The molecule has 4 heteroatoms. The summed E-state index contributed by atoms with van der Waals surface area (Å²) in [6, 6.07) is 3.65. The van der Waals surface area contributed by atoms with Crippen LogP contribution in [0.25, 0.3) is 0 Å². The summed E-state index contributed by atoms with van der Waals surface area (Å²) in [5.74, 6) is 5.06. The monoisotopic (exact) mass is 136 g/mol. The number of nitriles is 1. The van der Waals surface area contributed by atoms with Crippen molar-refractivity contribution in [1.29, 1.82) is 5.26 Å². The van der Waals surface area contributed by atoms with Gasteiger partial charge in [-0.15, -0.1) is 0 Å². The highest BCUT2D eigenvalue weighted by molar-refractivity contribution is 5.37. The van der Waals surface area contributed by atoms with Crippen molar-refractivity contribution in [2.45, 2.75) is 0 Å². The normalized spacial score (nSPS) is 7.10. The van der Waals surface area contributed by atoms with Gasteiger partial charge in [0.15, 0.2) is 0 Å². The molecule has 1 aromatic heterocycles. The highest BCUT2D eigenvalue weighted by atomic mass is 15.2. The van der Waals surface area contributed by atoms with Gasteiger partial charge < -0.3 is 5.43 Å². The fourth-order valence-electron chi connectivity index (χ4n) is 0.448. The second kappa shape index (κ2) is 5.54. The van der Waals surface area contributed by atoms with Crippen LogP contribution in [0.3, 0.4) is 0 Å². The van der Waals surface area contributed by atoms with Crippen molar-refractivity contribution in [3.8, 4) is 6.57 Å². The molecular formula is C6H8N4. The molecule has 4 nitrogen and oxygen atoms in total. The Labute approximate surface area is 59.3 Å². The Kier molecular flexibility index (Phi) is 4.65. The molecular weight excluding hydrogens is 128 g/mol. The average molecular weight is 136 g/mol. The Balaban J connectivity index is 0.000000371. The Morgan fingerprint density at radius 2 is 2.30 bits per heavy atom. The zero-order chi connectivity index (χ0) is 7.82. The predicted molar refractivity (Wildman–Crippen MR) is 38.7 cm³/mol. The maximum atomic E-state index is 6.50. The standard InChI is InChI=1S/C5H7N3.CHN/c6-8-5-2-1-3-7-4-5;1-2/h1-4,8H,6H2;1H. The number of hydrogen-bond acceptors (Lipinski definition) is 4. The Morgan fingerprint density at radius 3 is 2.60 bits per heavy atom. The van der Waals surface area contributed by atoms with Gasteiger partial charge in [-0.1, -0.05) is 0 Å². The summed E-state index contributed by atoms with van der Waals surface area (Å²) in [5, 5.41) is 6.50. The van der Waals surface area contributed by atoms with E-state index in [4.69, 9.17) is 11.1 Å². The number of hydrazine groups is 1. The molecule has 1 aromatic rings. The van der Waals surface area contributed by atoms with Crippen LogP contribution in [-0.4, -0.2) is 4.98 Å². The molecule has 0 saturated carbocycles. The van der Waals surface area contributed by atoms with Gasteiger partial charge in [-0.05, 0) is 12.1 Å².